The van der Waals surface area contributed by atoms with Crippen LogP contribution in [0, 0.1) is 0 Å². The first-order chi connectivity index (χ1) is 12.1. The molecule has 0 aliphatic carbocycles. The van der Waals surface area contributed by atoms with E-state index in [2.05, 4.69) is 5.10 Å². The van der Waals surface area contributed by atoms with E-state index in [4.69, 9.17) is 21.5 Å². The Hall–Kier alpha value is -2.90. The summed E-state index contributed by atoms with van der Waals surface area (Å²) >= 11 is 0. The first-order valence-electron chi connectivity index (χ1n) is 7.84. The maximum atomic E-state index is 12.1. The first kappa shape index (κ1) is 18.4. The Morgan fingerprint density at radius 2 is 1.92 bits per heavy atom. The van der Waals surface area contributed by atoms with E-state index in [-0.39, 0.29) is 12.2 Å². The number of ether oxygens (including phenoxy) is 1. The van der Waals surface area contributed by atoms with Crippen molar-refractivity contribution in [1.82, 2.24) is 5.01 Å². The van der Waals surface area contributed by atoms with Gasteiger partial charge in [-0.1, -0.05) is 42.5 Å². The zero-order valence-electron chi connectivity index (χ0n) is 13.8. The molecule has 0 unspecified atom stereocenters. The molecule has 132 valence electrons. The molecule has 0 bridgehead atoms. The van der Waals surface area contributed by atoms with Gasteiger partial charge in [0.1, 0.15) is 11.6 Å². The second-order valence-corrected chi connectivity index (χ2v) is 5.38. The van der Waals surface area contributed by atoms with E-state index in [0.29, 0.717) is 30.1 Å². The van der Waals surface area contributed by atoms with Gasteiger partial charge in [-0.05, 0) is 17.7 Å². The largest absolute Gasteiger partial charge is 0.468 e. The molecule has 5 N–H and O–H groups in total. The zero-order valence-corrected chi connectivity index (χ0v) is 13.8. The van der Waals surface area contributed by atoms with Crippen LogP contribution in [0.2, 0.25) is 0 Å². The van der Waals surface area contributed by atoms with Crippen LogP contribution in [-0.4, -0.2) is 35.1 Å². The number of nitrogens with zero attached hydrogens (tertiary/aromatic N) is 2. The molecule has 0 atom stereocenters. The Balaban J connectivity index is 1.93. The number of amidine groups is 1. The summed E-state index contributed by atoms with van der Waals surface area (Å²) in [4.78, 5) is 12.1. The summed E-state index contributed by atoms with van der Waals surface area (Å²) < 4.78 is 5.05. The van der Waals surface area contributed by atoms with Crippen molar-refractivity contribution in [2.45, 2.75) is 12.8 Å². The normalized spacial score (nSPS) is 11.2. The Bertz CT molecular complexity index is 719. The number of aliphatic hydroxyl groups excluding tert-OH is 1. The van der Waals surface area contributed by atoms with Gasteiger partial charge in [0.2, 0.25) is 0 Å². The lowest BCUT2D eigenvalue weighted by Crippen LogP contribution is -2.40. The molecule has 25 heavy (non-hydrogen) atoms. The molecule has 0 aliphatic rings. The van der Waals surface area contributed by atoms with Crippen molar-refractivity contribution in [3.8, 4) is 5.75 Å². The molecule has 2 rings (SSSR count). The molecular weight excluding hydrogens is 320 g/mol. The van der Waals surface area contributed by atoms with Gasteiger partial charge < -0.3 is 15.7 Å². The molecule has 7 heteroatoms. The number of carbonyl (C=O) groups is 1. The summed E-state index contributed by atoms with van der Waals surface area (Å²) in [6.07, 6.45) is 0.641. The van der Waals surface area contributed by atoms with Gasteiger partial charge in [-0.15, -0.1) is 0 Å². The van der Waals surface area contributed by atoms with Crippen LogP contribution in [0.5, 0.6) is 5.75 Å². The third-order valence-corrected chi connectivity index (χ3v) is 3.65. The van der Waals surface area contributed by atoms with E-state index in [1.807, 2.05) is 24.3 Å². The third kappa shape index (κ3) is 5.59. The van der Waals surface area contributed by atoms with Crippen molar-refractivity contribution in [1.29, 1.82) is 0 Å². The number of ketones is 1. The van der Waals surface area contributed by atoms with Gasteiger partial charge in [-0.2, -0.15) is 5.10 Å². The third-order valence-electron chi connectivity index (χ3n) is 3.65. The molecular formula is C18H22N4O3. The lowest BCUT2D eigenvalue weighted by atomic mass is 10.1. The monoisotopic (exact) mass is 342 g/mol. The second kappa shape index (κ2) is 9.41. The summed E-state index contributed by atoms with van der Waals surface area (Å²) in [5, 5.41) is 13.9. The van der Waals surface area contributed by atoms with Crippen molar-refractivity contribution in [3.05, 3.63) is 65.7 Å². The van der Waals surface area contributed by atoms with Crippen molar-refractivity contribution >= 4 is 11.6 Å². The number of hydrogen-bond acceptors (Lipinski definition) is 6. The van der Waals surface area contributed by atoms with E-state index in [0.717, 1.165) is 5.56 Å². The summed E-state index contributed by atoms with van der Waals surface area (Å²) in [5.74, 6) is 12.4. The number of hydrazone groups is 1. The van der Waals surface area contributed by atoms with E-state index in [9.17, 15) is 4.79 Å². The smallest absolute Gasteiger partial charge is 0.186 e. The minimum atomic E-state index is -0.397. The number of hydrogen-bond donors (Lipinski definition) is 3. The van der Waals surface area contributed by atoms with Gasteiger partial charge in [-0.3, -0.25) is 9.80 Å². The summed E-state index contributed by atoms with van der Waals surface area (Å²) in [7, 11) is 0. The van der Waals surface area contributed by atoms with Crippen molar-refractivity contribution in [2.24, 2.45) is 16.8 Å². The Morgan fingerprint density at radius 1 is 1.16 bits per heavy atom. The number of aliphatic hydroxyl groups is 1. The van der Waals surface area contributed by atoms with Crippen molar-refractivity contribution < 1.29 is 14.6 Å². The van der Waals surface area contributed by atoms with E-state index in [1.165, 1.54) is 5.01 Å². The van der Waals surface area contributed by atoms with E-state index >= 15 is 0 Å². The Kier molecular flexibility index (Phi) is 6.94. The molecule has 0 saturated heterocycles. The van der Waals surface area contributed by atoms with Crippen LogP contribution in [0.15, 0.2) is 59.7 Å². The first-order valence-corrected chi connectivity index (χ1v) is 7.84. The maximum absolute atomic E-state index is 12.1. The zero-order chi connectivity index (χ0) is 18.1. The predicted molar refractivity (Wildman–Crippen MR) is 95.8 cm³/mol. The molecule has 0 spiro atoms. The highest BCUT2D eigenvalue weighted by molar-refractivity contribution is 5.96. The fourth-order valence-electron chi connectivity index (χ4n) is 2.34. The standard InChI is InChI=1S/C18H22N4O3/c19-21-18(12-14-5-4-8-16(11-14)25-13-23)22(20)10-9-17(24)15-6-2-1-3-7-15/h1-8,11,23H,9-10,12-13,19-20H2/b21-18-. The van der Waals surface area contributed by atoms with Gasteiger partial charge >= 0.3 is 0 Å². The molecule has 2 aromatic rings. The maximum Gasteiger partial charge on any atom is 0.186 e. The topological polar surface area (TPSA) is 114 Å². The van der Waals surface area contributed by atoms with Crippen LogP contribution in [0.25, 0.3) is 0 Å². The molecule has 2 aromatic carbocycles. The van der Waals surface area contributed by atoms with Gasteiger partial charge in [0.05, 0.1) is 0 Å². The molecule has 0 aliphatic heterocycles. The number of Topliss-reactive ketones (excluding diaryl/α,β-unsaturated/α-hetero) is 1. The minimum Gasteiger partial charge on any atom is -0.468 e. The van der Waals surface area contributed by atoms with Crippen LogP contribution in [0.1, 0.15) is 22.3 Å². The number of rotatable bonds is 8. The number of nitrogens with two attached hydrogens (primary N) is 2. The molecule has 0 aromatic heterocycles. The highest BCUT2D eigenvalue weighted by Crippen LogP contribution is 2.14. The predicted octanol–water partition coefficient (Wildman–Crippen LogP) is 1.28. The summed E-state index contributed by atoms with van der Waals surface area (Å²) in [6.45, 7) is -0.0948. The molecule has 0 amide bonds. The highest BCUT2D eigenvalue weighted by atomic mass is 16.6. The number of benzene rings is 2. The minimum absolute atomic E-state index is 0.00534. The average molecular weight is 342 g/mol. The molecule has 7 nitrogen and oxygen atoms in total. The SMILES string of the molecule is N/N=C(/Cc1cccc(OCO)c1)N(N)CCC(=O)c1ccccc1. The van der Waals surface area contributed by atoms with Gasteiger partial charge in [0, 0.05) is 24.9 Å². The van der Waals surface area contributed by atoms with E-state index < -0.39 is 6.79 Å². The number of hydrazine groups is 1. The highest BCUT2D eigenvalue weighted by Gasteiger charge is 2.12. The van der Waals surface area contributed by atoms with Gasteiger partial charge in [0.15, 0.2) is 12.6 Å². The molecule has 0 saturated carbocycles. The quantitative estimate of drug-likeness (QED) is 0.166. The fourth-order valence-corrected chi connectivity index (χ4v) is 2.34. The average Bonchev–Trinajstić information content (AvgIpc) is 2.65. The molecule has 0 radical (unpaired) electrons. The van der Waals surface area contributed by atoms with Gasteiger partial charge in [0.25, 0.3) is 0 Å². The molecule has 0 fully saturated rings. The van der Waals surface area contributed by atoms with Gasteiger partial charge in [-0.25, -0.2) is 5.84 Å². The Morgan fingerprint density at radius 3 is 2.60 bits per heavy atom. The fraction of sp³-hybridized carbons (Fsp3) is 0.222. The van der Waals surface area contributed by atoms with Crippen LogP contribution in [0.4, 0.5) is 0 Å². The Labute approximate surface area is 146 Å². The van der Waals surface area contributed by atoms with Crippen LogP contribution >= 0.6 is 0 Å². The van der Waals surface area contributed by atoms with E-state index in [1.54, 1.807) is 30.3 Å². The van der Waals surface area contributed by atoms with Crippen molar-refractivity contribution in [2.75, 3.05) is 13.3 Å². The lowest BCUT2D eigenvalue weighted by Gasteiger charge is -2.20. The number of carbonyl (C=O) groups excluding carboxylic acids is 1. The van der Waals surface area contributed by atoms with Crippen molar-refractivity contribution in [3.63, 3.8) is 0 Å². The lowest BCUT2D eigenvalue weighted by molar-refractivity contribution is 0.0972. The summed E-state index contributed by atoms with van der Waals surface area (Å²) in [6, 6.07) is 16.2. The van der Waals surface area contributed by atoms with Crippen LogP contribution in [-0.2, 0) is 6.42 Å². The van der Waals surface area contributed by atoms with Crippen LogP contribution < -0.4 is 16.4 Å². The van der Waals surface area contributed by atoms with Crippen LogP contribution in [0.3, 0.4) is 0 Å². The molecule has 0 heterocycles. The summed E-state index contributed by atoms with van der Waals surface area (Å²) in [5.41, 5.74) is 1.52. The second-order valence-electron chi connectivity index (χ2n) is 5.38.